The molecule has 0 radical (unpaired) electrons. The van der Waals surface area contributed by atoms with E-state index in [-0.39, 0.29) is 17.9 Å². The van der Waals surface area contributed by atoms with Crippen molar-refractivity contribution in [2.45, 2.75) is 6.61 Å². The highest BCUT2D eigenvalue weighted by Gasteiger charge is 2.08. The van der Waals surface area contributed by atoms with Gasteiger partial charge in [0.1, 0.15) is 12.4 Å². The molecule has 0 fully saturated rings. The van der Waals surface area contributed by atoms with Gasteiger partial charge in [0.2, 0.25) is 0 Å². The van der Waals surface area contributed by atoms with Gasteiger partial charge in [-0.2, -0.15) is 4.89 Å². The minimum Gasteiger partial charge on any atom is -0.508 e. The minimum absolute atomic E-state index is 0.00695. The van der Waals surface area contributed by atoms with Crippen LogP contribution in [0.4, 0.5) is 0 Å². The van der Waals surface area contributed by atoms with E-state index in [9.17, 15) is 9.90 Å². The lowest BCUT2D eigenvalue weighted by molar-refractivity contribution is -0.250. The molecule has 4 heteroatoms. The van der Waals surface area contributed by atoms with Gasteiger partial charge in [0, 0.05) is 0 Å². The first-order valence-corrected chi connectivity index (χ1v) is 5.42. The summed E-state index contributed by atoms with van der Waals surface area (Å²) in [5, 5.41) is 9.22. The van der Waals surface area contributed by atoms with Crippen molar-refractivity contribution < 1.29 is 19.7 Å². The van der Waals surface area contributed by atoms with Gasteiger partial charge in [0.05, 0.1) is 5.56 Å². The van der Waals surface area contributed by atoms with Gasteiger partial charge in [-0.1, -0.05) is 36.4 Å². The summed E-state index contributed by atoms with van der Waals surface area (Å²) in [5.41, 5.74) is 1.14. The zero-order valence-electron chi connectivity index (χ0n) is 9.58. The topological polar surface area (TPSA) is 55.8 Å². The lowest BCUT2D eigenvalue weighted by Gasteiger charge is -2.04. The van der Waals surface area contributed by atoms with Gasteiger partial charge < -0.3 is 5.11 Å². The molecule has 0 spiro atoms. The molecule has 0 atom stereocenters. The Morgan fingerprint density at radius 1 is 1.06 bits per heavy atom. The van der Waals surface area contributed by atoms with Crippen molar-refractivity contribution in [3.8, 4) is 5.75 Å². The van der Waals surface area contributed by atoms with Gasteiger partial charge in [-0.25, -0.2) is 4.79 Å². The lowest BCUT2D eigenvalue weighted by atomic mass is 10.2. The van der Waals surface area contributed by atoms with Crippen LogP contribution in [-0.2, 0) is 16.4 Å². The molecular formula is C14H12O4. The van der Waals surface area contributed by atoms with E-state index in [1.165, 1.54) is 18.2 Å². The first-order valence-electron chi connectivity index (χ1n) is 5.42. The van der Waals surface area contributed by atoms with Crippen molar-refractivity contribution in [2.24, 2.45) is 0 Å². The molecule has 0 amide bonds. The fraction of sp³-hybridized carbons (Fsp3) is 0.0714. The van der Waals surface area contributed by atoms with E-state index in [1.807, 2.05) is 30.3 Å². The molecule has 2 aromatic carbocycles. The quantitative estimate of drug-likeness (QED) is 0.663. The van der Waals surface area contributed by atoms with Crippen LogP contribution in [0.25, 0.3) is 0 Å². The van der Waals surface area contributed by atoms with Crippen LogP contribution in [0.5, 0.6) is 5.75 Å². The van der Waals surface area contributed by atoms with Crippen LogP contribution >= 0.6 is 0 Å². The Balaban J connectivity index is 1.86. The maximum absolute atomic E-state index is 11.5. The van der Waals surface area contributed by atoms with Gasteiger partial charge >= 0.3 is 5.97 Å². The third-order valence-electron chi connectivity index (χ3n) is 2.28. The second-order valence-corrected chi connectivity index (χ2v) is 3.67. The average Bonchev–Trinajstić information content (AvgIpc) is 2.40. The van der Waals surface area contributed by atoms with Crippen LogP contribution in [-0.4, -0.2) is 11.1 Å². The molecule has 0 aliphatic heterocycles. The van der Waals surface area contributed by atoms with E-state index in [1.54, 1.807) is 6.07 Å². The zero-order chi connectivity index (χ0) is 12.8. The Kier molecular flexibility index (Phi) is 3.94. The van der Waals surface area contributed by atoms with Crippen LogP contribution in [0.3, 0.4) is 0 Å². The Labute approximate surface area is 104 Å². The van der Waals surface area contributed by atoms with Gasteiger partial charge in [0.15, 0.2) is 0 Å². The first-order chi connectivity index (χ1) is 8.75. The molecule has 0 saturated carbocycles. The maximum atomic E-state index is 11.5. The molecule has 0 aliphatic rings. The molecule has 1 N–H and O–H groups in total. The summed E-state index contributed by atoms with van der Waals surface area (Å²) in [4.78, 5) is 21.0. The normalized spacial score (nSPS) is 10.0. The number of aromatic hydroxyl groups is 1. The second kappa shape index (κ2) is 5.84. The zero-order valence-corrected chi connectivity index (χ0v) is 9.58. The van der Waals surface area contributed by atoms with Crippen LogP contribution in [0.2, 0.25) is 0 Å². The minimum atomic E-state index is -0.637. The highest BCUT2D eigenvalue weighted by atomic mass is 17.2. The number of phenols is 1. The van der Waals surface area contributed by atoms with E-state index in [2.05, 4.69) is 4.89 Å². The highest BCUT2D eigenvalue weighted by molar-refractivity contribution is 5.89. The third kappa shape index (κ3) is 3.33. The standard InChI is InChI=1S/C14H12O4/c15-13-8-4-7-12(9-13)14(16)18-17-10-11-5-2-1-3-6-11/h1-9,15H,10H2. The summed E-state index contributed by atoms with van der Waals surface area (Å²) in [6, 6.07) is 15.2. The Morgan fingerprint density at radius 2 is 1.83 bits per heavy atom. The molecule has 18 heavy (non-hydrogen) atoms. The van der Waals surface area contributed by atoms with Crippen molar-refractivity contribution in [3.63, 3.8) is 0 Å². The molecule has 2 rings (SSSR count). The van der Waals surface area contributed by atoms with Gasteiger partial charge in [-0.3, -0.25) is 4.89 Å². The van der Waals surface area contributed by atoms with E-state index >= 15 is 0 Å². The average molecular weight is 244 g/mol. The number of hydrogen-bond acceptors (Lipinski definition) is 4. The number of carbonyl (C=O) groups is 1. The van der Waals surface area contributed by atoms with Crippen LogP contribution < -0.4 is 0 Å². The third-order valence-corrected chi connectivity index (χ3v) is 2.28. The lowest BCUT2D eigenvalue weighted by Crippen LogP contribution is -2.05. The molecule has 0 unspecified atom stereocenters. The van der Waals surface area contributed by atoms with Crippen molar-refractivity contribution in [3.05, 3.63) is 65.7 Å². The van der Waals surface area contributed by atoms with E-state index < -0.39 is 5.97 Å². The van der Waals surface area contributed by atoms with Crippen molar-refractivity contribution >= 4 is 5.97 Å². The molecule has 0 aliphatic carbocycles. The van der Waals surface area contributed by atoms with Crippen LogP contribution in [0.15, 0.2) is 54.6 Å². The molecule has 2 aromatic rings. The second-order valence-electron chi connectivity index (χ2n) is 3.67. The van der Waals surface area contributed by atoms with Crippen molar-refractivity contribution in [1.29, 1.82) is 0 Å². The van der Waals surface area contributed by atoms with E-state index in [0.29, 0.717) is 0 Å². The first kappa shape index (κ1) is 12.1. The smallest absolute Gasteiger partial charge is 0.373 e. The maximum Gasteiger partial charge on any atom is 0.373 e. The number of carbonyl (C=O) groups excluding carboxylic acids is 1. The van der Waals surface area contributed by atoms with E-state index in [4.69, 9.17) is 4.89 Å². The Bertz CT molecular complexity index is 522. The molecule has 4 nitrogen and oxygen atoms in total. The highest BCUT2D eigenvalue weighted by Crippen LogP contribution is 2.12. The summed E-state index contributed by atoms with van der Waals surface area (Å²) < 4.78 is 0. The molecule has 0 heterocycles. The van der Waals surface area contributed by atoms with Gasteiger partial charge in [0.25, 0.3) is 0 Å². The number of phenolic OH excluding ortho intramolecular Hbond substituents is 1. The number of hydrogen-bond donors (Lipinski definition) is 1. The number of rotatable bonds is 4. The fourth-order valence-corrected chi connectivity index (χ4v) is 1.41. The molecule has 0 aromatic heterocycles. The SMILES string of the molecule is O=C(OOCc1ccccc1)c1cccc(O)c1. The summed E-state index contributed by atoms with van der Waals surface area (Å²) >= 11 is 0. The van der Waals surface area contributed by atoms with E-state index in [0.717, 1.165) is 5.56 Å². The predicted molar refractivity (Wildman–Crippen MR) is 64.8 cm³/mol. The largest absolute Gasteiger partial charge is 0.508 e. The Hall–Kier alpha value is -2.33. The summed E-state index contributed by atoms with van der Waals surface area (Å²) in [6.07, 6.45) is 0. The van der Waals surface area contributed by atoms with Crippen molar-refractivity contribution in [2.75, 3.05) is 0 Å². The summed E-state index contributed by atoms with van der Waals surface area (Å²) in [7, 11) is 0. The molecular weight excluding hydrogens is 232 g/mol. The summed E-state index contributed by atoms with van der Waals surface area (Å²) in [5.74, 6) is -0.630. The molecule has 0 saturated heterocycles. The predicted octanol–water partition coefficient (Wildman–Crippen LogP) is 2.68. The van der Waals surface area contributed by atoms with Gasteiger partial charge in [-0.05, 0) is 23.8 Å². The molecule has 92 valence electrons. The fourth-order valence-electron chi connectivity index (χ4n) is 1.41. The Morgan fingerprint density at radius 3 is 2.56 bits per heavy atom. The monoisotopic (exact) mass is 244 g/mol. The number of benzene rings is 2. The van der Waals surface area contributed by atoms with Gasteiger partial charge in [-0.15, -0.1) is 0 Å². The van der Waals surface area contributed by atoms with Crippen LogP contribution in [0.1, 0.15) is 15.9 Å². The summed E-state index contributed by atoms with van der Waals surface area (Å²) in [6.45, 7) is 0.186. The molecule has 0 bridgehead atoms. The van der Waals surface area contributed by atoms with Crippen LogP contribution in [0, 0.1) is 0 Å². The van der Waals surface area contributed by atoms with Crippen molar-refractivity contribution in [1.82, 2.24) is 0 Å².